The first-order valence-electron chi connectivity index (χ1n) is 6.25. The molecule has 0 saturated carbocycles. The first kappa shape index (κ1) is 13.0. The lowest BCUT2D eigenvalue weighted by molar-refractivity contribution is 0.322. The van der Waals surface area contributed by atoms with Crippen LogP contribution in [0.15, 0.2) is 48.5 Å². The molecule has 0 aromatic heterocycles. The predicted octanol–water partition coefficient (Wildman–Crippen LogP) is 4.52. The molecule has 2 rings (SSSR count). The summed E-state index contributed by atoms with van der Waals surface area (Å²) in [5, 5.41) is 0.668. The van der Waals surface area contributed by atoms with Gasteiger partial charge in [0.2, 0.25) is 0 Å². The summed E-state index contributed by atoms with van der Waals surface area (Å²) in [6, 6.07) is 16.1. The van der Waals surface area contributed by atoms with Gasteiger partial charge in [0.1, 0.15) is 5.75 Å². The van der Waals surface area contributed by atoms with E-state index in [0.717, 1.165) is 18.6 Å². The van der Waals surface area contributed by atoms with E-state index in [4.69, 9.17) is 16.3 Å². The molecule has 2 aromatic rings. The topological polar surface area (TPSA) is 9.23 Å². The summed E-state index contributed by atoms with van der Waals surface area (Å²) in [4.78, 5) is 0. The molecule has 0 fully saturated rings. The smallest absolute Gasteiger partial charge is 0.137 e. The fourth-order valence-corrected chi connectivity index (χ4v) is 2.17. The van der Waals surface area contributed by atoms with E-state index in [1.165, 1.54) is 11.1 Å². The van der Waals surface area contributed by atoms with Gasteiger partial charge in [-0.25, -0.2) is 0 Å². The van der Waals surface area contributed by atoms with Crippen molar-refractivity contribution in [1.82, 2.24) is 0 Å². The second-order valence-electron chi connectivity index (χ2n) is 4.15. The molecule has 0 radical (unpaired) electrons. The lowest BCUT2D eigenvalue weighted by Crippen LogP contribution is -2.03. The molecule has 0 heterocycles. The van der Waals surface area contributed by atoms with Crippen molar-refractivity contribution < 1.29 is 4.74 Å². The van der Waals surface area contributed by atoms with Gasteiger partial charge in [-0.05, 0) is 29.7 Å². The third kappa shape index (κ3) is 3.27. The molecule has 2 heteroatoms. The largest absolute Gasteiger partial charge is 0.492 e. The number of para-hydroxylation sites is 1. The molecular weight excluding hydrogens is 244 g/mol. The Morgan fingerprint density at radius 2 is 1.61 bits per heavy atom. The molecule has 0 spiro atoms. The normalized spacial score (nSPS) is 10.3. The summed E-state index contributed by atoms with van der Waals surface area (Å²) in [6.45, 7) is 2.83. The third-order valence-electron chi connectivity index (χ3n) is 2.96. The molecule has 0 saturated heterocycles. The van der Waals surface area contributed by atoms with Gasteiger partial charge >= 0.3 is 0 Å². The molecule has 0 atom stereocenters. The molecule has 0 amide bonds. The van der Waals surface area contributed by atoms with Crippen molar-refractivity contribution in [3.8, 4) is 5.75 Å². The van der Waals surface area contributed by atoms with Crippen molar-refractivity contribution in [2.24, 2.45) is 0 Å². The number of hydrogen-bond acceptors (Lipinski definition) is 1. The molecule has 2 aromatic carbocycles. The Hall–Kier alpha value is -1.47. The number of benzene rings is 2. The van der Waals surface area contributed by atoms with Crippen LogP contribution in [0.1, 0.15) is 18.1 Å². The summed E-state index contributed by atoms with van der Waals surface area (Å²) in [5.74, 6) is 0.758. The average Bonchev–Trinajstić information content (AvgIpc) is 2.41. The van der Waals surface area contributed by atoms with Gasteiger partial charge in [0.05, 0.1) is 11.6 Å². The number of aryl methyl sites for hydroxylation is 1. The van der Waals surface area contributed by atoms with E-state index in [2.05, 4.69) is 31.2 Å². The van der Waals surface area contributed by atoms with Crippen LogP contribution in [0.2, 0.25) is 5.02 Å². The van der Waals surface area contributed by atoms with Crippen LogP contribution < -0.4 is 4.74 Å². The summed E-state index contributed by atoms with van der Waals surface area (Å²) in [6.07, 6.45) is 1.97. The van der Waals surface area contributed by atoms with Gasteiger partial charge in [0.15, 0.2) is 0 Å². The summed E-state index contributed by atoms with van der Waals surface area (Å²) >= 11 is 6.04. The second-order valence-corrected chi connectivity index (χ2v) is 4.56. The Kier molecular flexibility index (Phi) is 4.66. The maximum Gasteiger partial charge on any atom is 0.137 e. The number of halogens is 1. The molecule has 1 nitrogen and oxygen atoms in total. The highest BCUT2D eigenvalue weighted by atomic mass is 35.5. The number of rotatable bonds is 5. The van der Waals surface area contributed by atoms with E-state index in [0.29, 0.717) is 11.6 Å². The van der Waals surface area contributed by atoms with Crippen molar-refractivity contribution in [3.05, 3.63) is 64.7 Å². The van der Waals surface area contributed by atoms with Crippen LogP contribution >= 0.6 is 11.6 Å². The molecule has 0 aliphatic rings. The van der Waals surface area contributed by atoms with Crippen molar-refractivity contribution in [1.29, 1.82) is 0 Å². The zero-order valence-corrected chi connectivity index (χ0v) is 11.3. The SMILES string of the molecule is CCc1ccccc1CCOc1ccccc1Cl. The van der Waals surface area contributed by atoms with Crippen molar-refractivity contribution in [2.75, 3.05) is 6.61 Å². The van der Waals surface area contributed by atoms with Crippen LogP contribution in [0.5, 0.6) is 5.75 Å². The molecule has 0 unspecified atom stereocenters. The van der Waals surface area contributed by atoms with Gasteiger partial charge in [-0.15, -0.1) is 0 Å². The summed E-state index contributed by atoms with van der Waals surface area (Å²) in [7, 11) is 0. The Morgan fingerprint density at radius 1 is 0.944 bits per heavy atom. The third-order valence-corrected chi connectivity index (χ3v) is 3.28. The Morgan fingerprint density at radius 3 is 2.33 bits per heavy atom. The maximum atomic E-state index is 6.04. The van der Waals surface area contributed by atoms with Gasteiger partial charge in [0, 0.05) is 6.42 Å². The predicted molar refractivity (Wildman–Crippen MR) is 76.5 cm³/mol. The first-order valence-corrected chi connectivity index (χ1v) is 6.63. The molecular formula is C16H17ClO. The maximum absolute atomic E-state index is 6.04. The molecule has 18 heavy (non-hydrogen) atoms. The summed E-state index contributed by atoms with van der Waals surface area (Å²) < 4.78 is 5.71. The minimum atomic E-state index is 0.654. The van der Waals surface area contributed by atoms with E-state index in [1.807, 2.05) is 24.3 Å². The number of ether oxygens (including phenoxy) is 1. The highest BCUT2D eigenvalue weighted by Gasteiger charge is 2.02. The zero-order valence-electron chi connectivity index (χ0n) is 10.5. The first-order chi connectivity index (χ1) is 8.81. The van der Waals surface area contributed by atoms with Gasteiger partial charge in [-0.1, -0.05) is 54.9 Å². The lowest BCUT2D eigenvalue weighted by Gasteiger charge is -2.10. The fourth-order valence-electron chi connectivity index (χ4n) is 1.98. The molecule has 0 N–H and O–H groups in total. The van der Waals surface area contributed by atoms with E-state index >= 15 is 0 Å². The Labute approximate surface area is 113 Å². The highest BCUT2D eigenvalue weighted by Crippen LogP contribution is 2.23. The van der Waals surface area contributed by atoms with Crippen LogP contribution in [0.3, 0.4) is 0 Å². The Balaban J connectivity index is 1.95. The summed E-state index contributed by atoms with van der Waals surface area (Å²) in [5.41, 5.74) is 2.74. The second kappa shape index (κ2) is 6.46. The van der Waals surface area contributed by atoms with Crippen LogP contribution in [0.4, 0.5) is 0 Å². The minimum absolute atomic E-state index is 0.654. The monoisotopic (exact) mass is 260 g/mol. The quantitative estimate of drug-likeness (QED) is 0.768. The lowest BCUT2D eigenvalue weighted by atomic mass is 10.0. The van der Waals surface area contributed by atoms with Gasteiger partial charge in [-0.3, -0.25) is 0 Å². The van der Waals surface area contributed by atoms with E-state index in [9.17, 15) is 0 Å². The van der Waals surface area contributed by atoms with E-state index in [1.54, 1.807) is 0 Å². The molecule has 94 valence electrons. The zero-order chi connectivity index (χ0) is 12.8. The van der Waals surface area contributed by atoms with Gasteiger partial charge in [-0.2, -0.15) is 0 Å². The average molecular weight is 261 g/mol. The highest BCUT2D eigenvalue weighted by molar-refractivity contribution is 6.32. The van der Waals surface area contributed by atoms with E-state index in [-0.39, 0.29) is 0 Å². The minimum Gasteiger partial charge on any atom is -0.492 e. The molecule has 0 aliphatic carbocycles. The van der Waals surface area contributed by atoms with Gasteiger partial charge < -0.3 is 4.74 Å². The van der Waals surface area contributed by atoms with E-state index < -0.39 is 0 Å². The molecule has 0 aliphatic heterocycles. The van der Waals surface area contributed by atoms with Crippen LogP contribution in [0, 0.1) is 0 Å². The van der Waals surface area contributed by atoms with Crippen molar-refractivity contribution in [3.63, 3.8) is 0 Å². The van der Waals surface area contributed by atoms with Crippen LogP contribution in [0.25, 0.3) is 0 Å². The fraction of sp³-hybridized carbons (Fsp3) is 0.250. The van der Waals surface area contributed by atoms with Crippen molar-refractivity contribution in [2.45, 2.75) is 19.8 Å². The van der Waals surface area contributed by atoms with Crippen molar-refractivity contribution >= 4 is 11.6 Å². The standard InChI is InChI=1S/C16H17ClO/c1-2-13-7-3-4-8-14(13)11-12-18-16-10-6-5-9-15(16)17/h3-10H,2,11-12H2,1H3. The van der Waals surface area contributed by atoms with Crippen LogP contribution in [-0.4, -0.2) is 6.61 Å². The van der Waals surface area contributed by atoms with Crippen LogP contribution in [-0.2, 0) is 12.8 Å². The molecule has 0 bridgehead atoms. The Bertz CT molecular complexity index is 508. The number of hydrogen-bond donors (Lipinski definition) is 0. The van der Waals surface area contributed by atoms with Gasteiger partial charge in [0.25, 0.3) is 0 Å².